The molecule has 0 unspecified atom stereocenters. The zero-order valence-electron chi connectivity index (χ0n) is 41.0. The maximum absolute atomic E-state index is 5.01. The first-order valence-corrected chi connectivity index (χ1v) is 24.6. The molecule has 3 heterocycles. The summed E-state index contributed by atoms with van der Waals surface area (Å²) in [5.74, 6) is 0. The number of nitrogens with zero attached hydrogens (tertiary/aromatic N) is 3. The predicted molar refractivity (Wildman–Crippen MR) is 294 cm³/mol. The van der Waals surface area contributed by atoms with Crippen LogP contribution in [0.2, 0.25) is 0 Å². The summed E-state index contributed by atoms with van der Waals surface area (Å²) in [6, 6.07) is 73.6. The van der Waals surface area contributed by atoms with Gasteiger partial charge in [0.05, 0.1) is 17.1 Å². The summed E-state index contributed by atoms with van der Waals surface area (Å²) in [4.78, 5) is 14.3. The van der Waals surface area contributed by atoms with Crippen molar-refractivity contribution in [3.63, 3.8) is 0 Å². The number of aryl methyl sites for hydroxylation is 6. The van der Waals surface area contributed by atoms with Gasteiger partial charge in [0.1, 0.15) is 0 Å². The van der Waals surface area contributed by atoms with Gasteiger partial charge >= 0.3 is 0 Å². The fraction of sp³-hybridized carbons (Fsp3) is 0.149. The molecule has 10 aromatic rings. The number of rotatable bonds is 13. The molecule has 0 N–H and O–H groups in total. The van der Waals surface area contributed by atoms with Crippen LogP contribution in [0, 0.1) is 13.8 Å². The second kappa shape index (κ2) is 20.3. The first kappa shape index (κ1) is 45.8. The van der Waals surface area contributed by atoms with Crippen molar-refractivity contribution >= 4 is 0 Å². The Balaban J connectivity index is 1.01. The van der Waals surface area contributed by atoms with E-state index in [0.29, 0.717) is 0 Å². The molecule has 70 heavy (non-hydrogen) atoms. The van der Waals surface area contributed by atoms with Crippen molar-refractivity contribution in [3.8, 4) is 78.3 Å². The lowest BCUT2D eigenvalue weighted by Crippen LogP contribution is -2.11. The SMILES string of the molecule is Cc1ccc(-c2ccc(CCc3cc(CCc4ccc(-c5ccc(C)cn5)cc4)cc(-c4ccccc4-c4ccc(-c5ccc(C(C)(C)C)cn5)cc4-c4ccc(-c5ccccc5)cc4)c3)cc2)nc1. The van der Waals surface area contributed by atoms with Crippen molar-refractivity contribution in [1.29, 1.82) is 0 Å². The molecule has 0 atom stereocenters. The summed E-state index contributed by atoms with van der Waals surface area (Å²) in [5.41, 5.74) is 24.8. The molecule has 0 aliphatic rings. The maximum atomic E-state index is 5.01. The monoisotopic (exact) mass is 905 g/mol. The van der Waals surface area contributed by atoms with E-state index in [0.717, 1.165) is 59.5 Å². The molecule has 0 saturated heterocycles. The van der Waals surface area contributed by atoms with Crippen molar-refractivity contribution in [3.05, 3.63) is 258 Å². The number of aromatic nitrogens is 3. The van der Waals surface area contributed by atoms with E-state index in [4.69, 9.17) is 4.98 Å². The van der Waals surface area contributed by atoms with Gasteiger partial charge < -0.3 is 0 Å². The van der Waals surface area contributed by atoms with E-state index in [9.17, 15) is 0 Å². The highest BCUT2D eigenvalue weighted by Gasteiger charge is 2.18. The van der Waals surface area contributed by atoms with Gasteiger partial charge in [0.25, 0.3) is 0 Å². The zero-order chi connectivity index (χ0) is 48.0. The summed E-state index contributed by atoms with van der Waals surface area (Å²) < 4.78 is 0. The lowest BCUT2D eigenvalue weighted by Gasteiger charge is -2.19. The average molecular weight is 906 g/mol. The Morgan fingerprint density at radius 3 is 1.27 bits per heavy atom. The average Bonchev–Trinajstić information content (AvgIpc) is 3.40. The first-order valence-electron chi connectivity index (χ1n) is 24.6. The van der Waals surface area contributed by atoms with Crippen LogP contribution in [0.5, 0.6) is 0 Å². The Kier molecular flexibility index (Phi) is 13.3. The highest BCUT2D eigenvalue weighted by molar-refractivity contribution is 5.94. The van der Waals surface area contributed by atoms with E-state index in [1.54, 1.807) is 0 Å². The van der Waals surface area contributed by atoms with Crippen LogP contribution in [0.25, 0.3) is 78.3 Å². The van der Waals surface area contributed by atoms with Crippen LogP contribution >= 0.6 is 0 Å². The van der Waals surface area contributed by atoms with Crippen LogP contribution in [0.4, 0.5) is 0 Å². The summed E-state index contributed by atoms with van der Waals surface area (Å²) >= 11 is 0. The van der Waals surface area contributed by atoms with Crippen LogP contribution in [-0.2, 0) is 31.1 Å². The maximum Gasteiger partial charge on any atom is 0.0702 e. The minimum atomic E-state index is 0.0266. The molecule has 0 bridgehead atoms. The van der Waals surface area contributed by atoms with Crippen LogP contribution in [0.1, 0.15) is 59.7 Å². The summed E-state index contributed by atoms with van der Waals surface area (Å²) in [6.45, 7) is 10.9. The van der Waals surface area contributed by atoms with Gasteiger partial charge in [-0.25, -0.2) is 0 Å². The Bertz CT molecular complexity index is 3230. The van der Waals surface area contributed by atoms with Crippen LogP contribution in [0.3, 0.4) is 0 Å². The smallest absolute Gasteiger partial charge is 0.0702 e. The fourth-order valence-electron chi connectivity index (χ4n) is 9.37. The fourth-order valence-corrected chi connectivity index (χ4v) is 9.37. The summed E-state index contributed by atoms with van der Waals surface area (Å²) in [6.07, 6.45) is 9.65. The van der Waals surface area contributed by atoms with E-state index in [1.807, 2.05) is 18.6 Å². The molecule has 3 heteroatoms. The van der Waals surface area contributed by atoms with E-state index < -0.39 is 0 Å². The Morgan fingerprint density at radius 1 is 0.300 bits per heavy atom. The largest absolute Gasteiger partial charge is 0.256 e. The van der Waals surface area contributed by atoms with Gasteiger partial charge in [0, 0.05) is 35.3 Å². The molecule has 0 aliphatic heterocycles. The van der Waals surface area contributed by atoms with Gasteiger partial charge in [0.15, 0.2) is 0 Å². The van der Waals surface area contributed by atoms with Crippen LogP contribution in [0.15, 0.2) is 219 Å². The molecular weight excluding hydrogens is 847 g/mol. The third-order valence-corrected chi connectivity index (χ3v) is 13.6. The van der Waals surface area contributed by atoms with E-state index in [1.165, 1.54) is 83.5 Å². The number of pyridine rings is 3. The highest BCUT2D eigenvalue weighted by atomic mass is 14.7. The van der Waals surface area contributed by atoms with Gasteiger partial charge in [-0.1, -0.05) is 197 Å². The van der Waals surface area contributed by atoms with Crippen LogP contribution in [-0.4, -0.2) is 15.0 Å². The Labute approximate surface area is 414 Å². The molecule has 0 saturated carbocycles. The zero-order valence-corrected chi connectivity index (χ0v) is 41.0. The lowest BCUT2D eigenvalue weighted by molar-refractivity contribution is 0.587. The molecule has 10 rings (SSSR count). The molecule has 0 aliphatic carbocycles. The number of hydrogen-bond acceptors (Lipinski definition) is 3. The first-order chi connectivity index (χ1) is 34.1. The summed E-state index contributed by atoms with van der Waals surface area (Å²) in [5, 5.41) is 0. The normalized spacial score (nSPS) is 11.4. The van der Waals surface area contributed by atoms with Crippen LogP contribution < -0.4 is 0 Å². The molecule has 3 nitrogen and oxygen atoms in total. The third kappa shape index (κ3) is 10.7. The number of benzene rings is 7. The summed E-state index contributed by atoms with van der Waals surface area (Å²) in [7, 11) is 0. The quantitative estimate of drug-likeness (QED) is 0.116. The molecule has 7 aromatic carbocycles. The molecule has 0 fully saturated rings. The molecule has 0 amide bonds. The van der Waals surface area contributed by atoms with E-state index in [-0.39, 0.29) is 5.41 Å². The topological polar surface area (TPSA) is 38.7 Å². The van der Waals surface area contributed by atoms with Crippen molar-refractivity contribution in [2.45, 2.75) is 65.7 Å². The van der Waals surface area contributed by atoms with Gasteiger partial charge in [-0.05, 0) is 153 Å². The second-order valence-electron chi connectivity index (χ2n) is 19.8. The van der Waals surface area contributed by atoms with Gasteiger partial charge in [-0.2, -0.15) is 0 Å². The standard InChI is InChI=1S/C67H59N3/c1-46-15-36-64(68-43-46)55-25-21-48(22-26-55)17-19-50-39-51(20-18-49-23-27-56(28-24-49)65-37-16-47(2)44-69-65)41-58(40-50)60-13-9-10-14-61(60)62-35-33-57(66-38-34-59(45-70-66)67(3,4)5)42-63(62)54-31-29-53(30-32-54)52-11-7-6-8-12-52/h6-16,21-45H,17-20H2,1-5H3. The second-order valence-corrected chi connectivity index (χ2v) is 19.8. The Hall–Kier alpha value is -8.01. The highest BCUT2D eigenvalue weighted by Crippen LogP contribution is 2.41. The Morgan fingerprint density at radius 2 is 0.743 bits per heavy atom. The van der Waals surface area contributed by atoms with Crippen molar-refractivity contribution < 1.29 is 0 Å². The van der Waals surface area contributed by atoms with Crippen molar-refractivity contribution in [2.24, 2.45) is 0 Å². The van der Waals surface area contributed by atoms with Gasteiger partial charge in [0.2, 0.25) is 0 Å². The minimum absolute atomic E-state index is 0.0266. The molecule has 0 radical (unpaired) electrons. The van der Waals surface area contributed by atoms with Crippen molar-refractivity contribution in [2.75, 3.05) is 0 Å². The van der Waals surface area contributed by atoms with Gasteiger partial charge in [-0.3, -0.25) is 15.0 Å². The van der Waals surface area contributed by atoms with E-state index >= 15 is 0 Å². The molecular formula is C67H59N3. The molecule has 342 valence electrons. The predicted octanol–water partition coefficient (Wildman–Crippen LogP) is 17.0. The molecule has 3 aromatic heterocycles. The van der Waals surface area contributed by atoms with E-state index in [2.05, 4.69) is 245 Å². The van der Waals surface area contributed by atoms with Gasteiger partial charge in [-0.15, -0.1) is 0 Å². The lowest BCUT2D eigenvalue weighted by atomic mass is 9.86. The molecule has 0 spiro atoms. The number of hydrogen-bond donors (Lipinski definition) is 0. The minimum Gasteiger partial charge on any atom is -0.256 e. The van der Waals surface area contributed by atoms with Crippen molar-refractivity contribution in [1.82, 2.24) is 15.0 Å². The third-order valence-electron chi connectivity index (χ3n) is 13.6.